The Hall–Kier alpha value is -3.47. The summed E-state index contributed by atoms with van der Waals surface area (Å²) in [5, 5.41) is 19.3. The van der Waals surface area contributed by atoms with Crippen molar-refractivity contribution in [1.29, 1.82) is 5.26 Å². The first kappa shape index (κ1) is 16.4. The molecule has 0 spiro atoms. The molecule has 0 bridgehead atoms. The second-order valence-corrected chi connectivity index (χ2v) is 5.64. The van der Waals surface area contributed by atoms with Crippen LogP contribution in [-0.4, -0.2) is 39.9 Å². The van der Waals surface area contributed by atoms with E-state index in [-0.39, 0.29) is 24.1 Å². The Balaban J connectivity index is 1.47. The van der Waals surface area contributed by atoms with Crippen molar-refractivity contribution in [1.82, 2.24) is 9.88 Å². The predicted molar refractivity (Wildman–Crippen MR) is 86.7 cm³/mol. The lowest BCUT2D eigenvalue weighted by Gasteiger charge is -2.38. The molecule has 0 radical (unpaired) electrons. The highest BCUT2D eigenvalue weighted by Crippen LogP contribution is 2.18. The molecule has 1 aromatic heterocycles. The minimum absolute atomic E-state index is 0.00327. The van der Waals surface area contributed by atoms with E-state index in [2.05, 4.69) is 4.98 Å². The molecule has 1 fully saturated rings. The third-order valence-electron chi connectivity index (χ3n) is 3.86. The van der Waals surface area contributed by atoms with Gasteiger partial charge in [0.1, 0.15) is 12.2 Å². The number of aromatic nitrogens is 1. The van der Waals surface area contributed by atoms with Gasteiger partial charge in [-0.05, 0) is 11.6 Å². The van der Waals surface area contributed by atoms with Gasteiger partial charge in [-0.3, -0.25) is 14.9 Å². The number of nitriles is 1. The van der Waals surface area contributed by atoms with E-state index in [9.17, 15) is 14.9 Å². The molecule has 2 heterocycles. The quantitative estimate of drug-likeness (QED) is 0.606. The van der Waals surface area contributed by atoms with E-state index in [1.165, 1.54) is 18.3 Å². The van der Waals surface area contributed by atoms with Crippen molar-refractivity contribution in [3.8, 4) is 11.9 Å². The summed E-state index contributed by atoms with van der Waals surface area (Å²) in [5.74, 6) is 0.368. The fourth-order valence-corrected chi connectivity index (χ4v) is 2.43. The molecule has 1 saturated heterocycles. The second-order valence-electron chi connectivity index (χ2n) is 5.64. The molecule has 0 aliphatic carbocycles. The molecule has 2 aromatic rings. The van der Waals surface area contributed by atoms with Crippen molar-refractivity contribution in [3.05, 3.63) is 63.8 Å². The maximum atomic E-state index is 12.2. The fraction of sp³-hybridized carbons (Fsp3) is 0.235. The molecular formula is C17H14N4O4. The number of rotatable bonds is 5. The van der Waals surface area contributed by atoms with Crippen molar-refractivity contribution in [3.63, 3.8) is 0 Å². The van der Waals surface area contributed by atoms with Gasteiger partial charge in [0.25, 0.3) is 5.69 Å². The second kappa shape index (κ2) is 6.97. The van der Waals surface area contributed by atoms with Crippen molar-refractivity contribution in [2.75, 3.05) is 13.1 Å². The molecule has 1 aromatic carbocycles. The Labute approximate surface area is 143 Å². The summed E-state index contributed by atoms with van der Waals surface area (Å²) in [6.07, 6.45) is 1.51. The predicted octanol–water partition coefficient (Wildman–Crippen LogP) is 1.69. The van der Waals surface area contributed by atoms with Crippen molar-refractivity contribution < 1.29 is 14.5 Å². The minimum Gasteiger partial charge on any atom is -0.471 e. The maximum absolute atomic E-state index is 12.2. The van der Waals surface area contributed by atoms with E-state index >= 15 is 0 Å². The number of carbonyl (C=O) groups excluding carboxylic acids is 1. The van der Waals surface area contributed by atoms with Crippen LogP contribution in [-0.2, 0) is 11.2 Å². The molecule has 0 saturated carbocycles. The van der Waals surface area contributed by atoms with Gasteiger partial charge < -0.3 is 9.64 Å². The molecular weight excluding hydrogens is 324 g/mol. The molecule has 1 aliphatic rings. The van der Waals surface area contributed by atoms with Gasteiger partial charge >= 0.3 is 0 Å². The molecule has 3 rings (SSSR count). The number of hydrogen-bond acceptors (Lipinski definition) is 6. The van der Waals surface area contributed by atoms with Gasteiger partial charge in [-0.25, -0.2) is 4.98 Å². The summed E-state index contributed by atoms with van der Waals surface area (Å²) in [6.45, 7) is 0.932. The van der Waals surface area contributed by atoms with Crippen LogP contribution in [0.3, 0.4) is 0 Å². The summed E-state index contributed by atoms with van der Waals surface area (Å²) in [7, 11) is 0. The van der Waals surface area contributed by atoms with Crippen molar-refractivity contribution in [2.45, 2.75) is 12.5 Å². The number of benzene rings is 1. The van der Waals surface area contributed by atoms with Gasteiger partial charge in [-0.1, -0.05) is 12.1 Å². The van der Waals surface area contributed by atoms with Gasteiger partial charge in [0, 0.05) is 24.4 Å². The average molecular weight is 338 g/mol. The van der Waals surface area contributed by atoms with E-state index in [4.69, 9.17) is 10.00 Å². The summed E-state index contributed by atoms with van der Waals surface area (Å²) >= 11 is 0. The summed E-state index contributed by atoms with van der Waals surface area (Å²) in [5.41, 5.74) is 1.19. The zero-order valence-corrected chi connectivity index (χ0v) is 13.2. The first-order chi connectivity index (χ1) is 12.0. The first-order valence-electron chi connectivity index (χ1n) is 7.59. The lowest BCUT2D eigenvalue weighted by Crippen LogP contribution is -2.56. The molecule has 25 heavy (non-hydrogen) atoms. The standard InChI is InChI=1S/C17H14N4O4/c18-8-13-3-6-16(19-9-13)25-15-10-20(11-15)17(22)7-12-1-4-14(5-2-12)21(23)24/h1-6,9,15H,7,10-11H2. The Morgan fingerprint density at radius 1 is 1.32 bits per heavy atom. The number of ether oxygens (including phenoxy) is 1. The van der Waals surface area contributed by atoms with E-state index < -0.39 is 4.92 Å². The molecule has 126 valence electrons. The van der Waals surface area contributed by atoms with E-state index in [1.807, 2.05) is 6.07 Å². The lowest BCUT2D eigenvalue weighted by atomic mass is 10.1. The number of hydrogen-bond donors (Lipinski definition) is 0. The first-order valence-corrected chi connectivity index (χ1v) is 7.59. The van der Waals surface area contributed by atoms with Crippen LogP contribution in [0.2, 0.25) is 0 Å². The number of non-ortho nitro benzene ring substituents is 1. The largest absolute Gasteiger partial charge is 0.471 e. The van der Waals surface area contributed by atoms with Crippen LogP contribution in [0.5, 0.6) is 5.88 Å². The molecule has 1 aliphatic heterocycles. The normalized spacial score (nSPS) is 13.6. The number of amides is 1. The van der Waals surface area contributed by atoms with Crippen LogP contribution in [0.15, 0.2) is 42.6 Å². The van der Waals surface area contributed by atoms with E-state index in [0.717, 1.165) is 5.56 Å². The van der Waals surface area contributed by atoms with Crippen molar-refractivity contribution >= 4 is 11.6 Å². The van der Waals surface area contributed by atoms with Gasteiger partial charge in [0.2, 0.25) is 11.8 Å². The Morgan fingerprint density at radius 3 is 2.60 bits per heavy atom. The monoisotopic (exact) mass is 338 g/mol. The zero-order valence-electron chi connectivity index (χ0n) is 13.2. The maximum Gasteiger partial charge on any atom is 0.269 e. The summed E-state index contributed by atoms with van der Waals surface area (Å²) in [6, 6.07) is 11.2. The molecule has 8 heteroatoms. The number of nitro groups is 1. The van der Waals surface area contributed by atoms with Gasteiger partial charge in [-0.15, -0.1) is 0 Å². The highest BCUT2D eigenvalue weighted by molar-refractivity contribution is 5.79. The van der Waals surface area contributed by atoms with Crippen LogP contribution in [0, 0.1) is 21.4 Å². The highest BCUT2D eigenvalue weighted by atomic mass is 16.6. The van der Waals surface area contributed by atoms with E-state index in [0.29, 0.717) is 24.5 Å². The number of nitro benzene ring substituents is 1. The third kappa shape index (κ3) is 3.90. The van der Waals surface area contributed by atoms with E-state index in [1.54, 1.807) is 29.2 Å². The smallest absolute Gasteiger partial charge is 0.269 e. The summed E-state index contributed by atoms with van der Waals surface area (Å²) < 4.78 is 5.63. The SMILES string of the molecule is N#Cc1ccc(OC2CN(C(=O)Cc3ccc([N+](=O)[O-])cc3)C2)nc1. The number of nitrogens with zero attached hydrogens (tertiary/aromatic N) is 4. The minimum atomic E-state index is -0.472. The Bertz CT molecular complexity index is 821. The average Bonchev–Trinajstić information content (AvgIpc) is 2.58. The zero-order chi connectivity index (χ0) is 17.8. The van der Waals surface area contributed by atoms with Gasteiger partial charge in [0.05, 0.1) is 30.0 Å². The van der Waals surface area contributed by atoms with Gasteiger partial charge in [0.15, 0.2) is 0 Å². The molecule has 0 N–H and O–H groups in total. The Kier molecular flexibility index (Phi) is 4.57. The molecule has 0 unspecified atom stereocenters. The van der Waals surface area contributed by atoms with Crippen LogP contribution < -0.4 is 4.74 Å². The van der Waals surface area contributed by atoms with Gasteiger partial charge in [-0.2, -0.15) is 5.26 Å². The number of pyridine rings is 1. The molecule has 1 amide bonds. The van der Waals surface area contributed by atoms with Crippen LogP contribution >= 0.6 is 0 Å². The molecule has 8 nitrogen and oxygen atoms in total. The third-order valence-corrected chi connectivity index (χ3v) is 3.86. The van der Waals surface area contributed by atoms with Crippen LogP contribution in [0.1, 0.15) is 11.1 Å². The molecule has 0 atom stereocenters. The van der Waals surface area contributed by atoms with Crippen LogP contribution in [0.4, 0.5) is 5.69 Å². The fourth-order valence-electron chi connectivity index (χ4n) is 2.43. The van der Waals surface area contributed by atoms with Crippen LogP contribution in [0.25, 0.3) is 0 Å². The lowest BCUT2D eigenvalue weighted by molar-refractivity contribution is -0.384. The number of likely N-dealkylation sites (tertiary alicyclic amines) is 1. The number of carbonyl (C=O) groups is 1. The Morgan fingerprint density at radius 2 is 2.04 bits per heavy atom. The topological polar surface area (TPSA) is 109 Å². The summed E-state index contributed by atoms with van der Waals surface area (Å²) in [4.78, 5) is 28.0. The highest BCUT2D eigenvalue weighted by Gasteiger charge is 2.32. The van der Waals surface area contributed by atoms with Crippen molar-refractivity contribution in [2.24, 2.45) is 0 Å².